The minimum atomic E-state index is 0.0515. The van der Waals surface area contributed by atoms with Gasteiger partial charge in [0.05, 0.1) is 16.3 Å². The topological polar surface area (TPSA) is 54.7 Å². The first-order valence-corrected chi connectivity index (χ1v) is 7.54. The average Bonchev–Trinajstić information content (AvgIpc) is 2.88. The van der Waals surface area contributed by atoms with E-state index in [1.54, 1.807) is 11.8 Å². The number of nitrogens with two attached hydrogens (primary N) is 1. The Labute approximate surface area is 122 Å². The Morgan fingerprint density at radius 2 is 1.75 bits per heavy atom. The lowest BCUT2D eigenvalue weighted by Crippen LogP contribution is -2.22. The van der Waals surface area contributed by atoms with Crippen LogP contribution < -0.4 is 5.73 Å². The van der Waals surface area contributed by atoms with E-state index in [0.29, 0.717) is 0 Å². The summed E-state index contributed by atoms with van der Waals surface area (Å²) in [7, 11) is 0. The zero-order valence-corrected chi connectivity index (χ0v) is 12.1. The number of aromatic amines is 1. The summed E-state index contributed by atoms with van der Waals surface area (Å²) in [5.74, 6) is 0. The maximum atomic E-state index is 6.15. The van der Waals surface area contributed by atoms with E-state index in [0.717, 1.165) is 16.2 Å². The Balaban J connectivity index is 1.90. The Kier molecular flexibility index (Phi) is 3.76. The fraction of sp³-hybridized carbons (Fsp3) is 0.188. The van der Waals surface area contributed by atoms with Crippen molar-refractivity contribution in [2.24, 2.45) is 5.73 Å². The summed E-state index contributed by atoms with van der Waals surface area (Å²) in [5, 5.41) is 1.11. The molecule has 2 atom stereocenters. The molecule has 3 N–H and O–H groups in total. The van der Waals surface area contributed by atoms with Gasteiger partial charge in [0.15, 0.2) is 5.16 Å². The smallest absolute Gasteiger partial charge is 0.167 e. The summed E-state index contributed by atoms with van der Waals surface area (Å²) in [4.78, 5) is 7.96. The zero-order chi connectivity index (χ0) is 13.9. The molecule has 1 aromatic heterocycles. The van der Waals surface area contributed by atoms with E-state index in [9.17, 15) is 0 Å². The molecule has 0 spiro atoms. The second-order valence-electron chi connectivity index (χ2n) is 4.87. The third-order valence-corrected chi connectivity index (χ3v) is 4.58. The second kappa shape index (κ2) is 5.69. The van der Waals surface area contributed by atoms with Crippen LogP contribution in [-0.4, -0.2) is 16.0 Å². The van der Waals surface area contributed by atoms with Gasteiger partial charge in [-0.25, -0.2) is 4.98 Å². The molecule has 0 aliphatic heterocycles. The van der Waals surface area contributed by atoms with Gasteiger partial charge in [-0.2, -0.15) is 0 Å². The van der Waals surface area contributed by atoms with E-state index in [2.05, 4.69) is 22.1 Å². The first-order chi connectivity index (χ1) is 9.74. The highest BCUT2D eigenvalue weighted by atomic mass is 32.2. The Bertz CT molecular complexity index is 658. The van der Waals surface area contributed by atoms with Crippen molar-refractivity contribution in [2.45, 2.75) is 23.4 Å². The lowest BCUT2D eigenvalue weighted by Gasteiger charge is -2.19. The summed E-state index contributed by atoms with van der Waals surface area (Å²) in [6.07, 6.45) is 0. The van der Waals surface area contributed by atoms with Crippen LogP contribution in [0, 0.1) is 0 Å². The highest BCUT2D eigenvalue weighted by Gasteiger charge is 2.19. The first-order valence-electron chi connectivity index (χ1n) is 6.66. The van der Waals surface area contributed by atoms with Crippen molar-refractivity contribution >= 4 is 22.8 Å². The molecule has 0 aliphatic rings. The number of benzene rings is 2. The van der Waals surface area contributed by atoms with Crippen LogP contribution in [0.1, 0.15) is 17.7 Å². The minimum absolute atomic E-state index is 0.0515. The van der Waals surface area contributed by atoms with Crippen molar-refractivity contribution in [1.82, 2.24) is 9.97 Å². The van der Waals surface area contributed by atoms with Gasteiger partial charge in [0.25, 0.3) is 0 Å². The number of hydrogen-bond donors (Lipinski definition) is 2. The molecule has 0 fully saturated rings. The van der Waals surface area contributed by atoms with Gasteiger partial charge in [0.1, 0.15) is 0 Å². The van der Waals surface area contributed by atoms with Crippen molar-refractivity contribution < 1.29 is 0 Å². The predicted molar refractivity (Wildman–Crippen MR) is 84.8 cm³/mol. The maximum Gasteiger partial charge on any atom is 0.167 e. The van der Waals surface area contributed by atoms with Crippen LogP contribution in [0.15, 0.2) is 59.8 Å². The van der Waals surface area contributed by atoms with E-state index < -0.39 is 0 Å². The van der Waals surface area contributed by atoms with Gasteiger partial charge in [-0.1, -0.05) is 54.2 Å². The monoisotopic (exact) mass is 283 g/mol. The molecule has 2 unspecified atom stereocenters. The van der Waals surface area contributed by atoms with Crippen LogP contribution in [-0.2, 0) is 0 Å². The fourth-order valence-corrected chi connectivity index (χ4v) is 3.30. The molecule has 20 heavy (non-hydrogen) atoms. The molecule has 0 amide bonds. The second-order valence-corrected chi connectivity index (χ2v) is 6.00. The highest BCUT2D eigenvalue weighted by molar-refractivity contribution is 7.99. The van der Waals surface area contributed by atoms with E-state index in [1.807, 2.05) is 49.4 Å². The van der Waals surface area contributed by atoms with Crippen molar-refractivity contribution in [2.75, 3.05) is 0 Å². The summed E-state index contributed by atoms with van der Waals surface area (Å²) in [6.45, 7) is 2.04. The number of hydrogen-bond acceptors (Lipinski definition) is 3. The summed E-state index contributed by atoms with van der Waals surface area (Å²) in [6, 6.07) is 18.5. The van der Waals surface area contributed by atoms with Gasteiger partial charge in [0.2, 0.25) is 0 Å². The van der Waals surface area contributed by atoms with Crippen molar-refractivity contribution in [3.05, 3.63) is 60.2 Å². The third-order valence-electron chi connectivity index (χ3n) is 3.21. The van der Waals surface area contributed by atoms with E-state index >= 15 is 0 Å². The van der Waals surface area contributed by atoms with Gasteiger partial charge in [-0.3, -0.25) is 0 Å². The molecule has 0 saturated carbocycles. The van der Waals surface area contributed by atoms with E-state index in [-0.39, 0.29) is 11.3 Å². The fourth-order valence-electron chi connectivity index (χ4n) is 2.23. The number of imidazole rings is 1. The third kappa shape index (κ3) is 2.71. The normalized spacial score (nSPS) is 14.3. The number of fused-ring (bicyclic) bond motifs is 1. The number of H-pyrrole nitrogens is 1. The zero-order valence-electron chi connectivity index (χ0n) is 11.3. The summed E-state index contributed by atoms with van der Waals surface area (Å²) in [5.41, 5.74) is 9.43. The van der Waals surface area contributed by atoms with Gasteiger partial charge < -0.3 is 10.7 Å². The number of rotatable bonds is 4. The maximum absolute atomic E-state index is 6.15. The molecular formula is C16H17N3S. The Morgan fingerprint density at radius 1 is 1.05 bits per heavy atom. The van der Waals surface area contributed by atoms with Gasteiger partial charge in [-0.05, 0) is 24.6 Å². The number of aromatic nitrogens is 2. The van der Waals surface area contributed by atoms with Crippen LogP contribution in [0.2, 0.25) is 0 Å². The molecule has 3 nitrogen and oxygen atoms in total. The highest BCUT2D eigenvalue weighted by Crippen LogP contribution is 2.36. The van der Waals surface area contributed by atoms with E-state index in [1.165, 1.54) is 5.56 Å². The first kappa shape index (κ1) is 13.2. The molecular weight excluding hydrogens is 266 g/mol. The molecule has 1 heterocycles. The molecule has 3 rings (SSSR count). The van der Waals surface area contributed by atoms with E-state index in [4.69, 9.17) is 5.73 Å². The molecule has 4 heteroatoms. The Morgan fingerprint density at radius 3 is 2.45 bits per heavy atom. The average molecular weight is 283 g/mol. The lowest BCUT2D eigenvalue weighted by atomic mass is 10.1. The van der Waals surface area contributed by atoms with Crippen molar-refractivity contribution in [3.8, 4) is 0 Å². The van der Waals surface area contributed by atoms with Crippen LogP contribution in [0.25, 0.3) is 11.0 Å². The van der Waals surface area contributed by atoms with Gasteiger partial charge in [0, 0.05) is 6.04 Å². The SMILES string of the molecule is CC(N)C(Sc1nc2ccccc2[nH]1)c1ccccc1. The molecule has 3 aromatic rings. The Hall–Kier alpha value is -1.78. The predicted octanol–water partition coefficient (Wildman–Crippen LogP) is 3.74. The standard InChI is InChI=1S/C16H17N3S/c1-11(17)15(12-7-3-2-4-8-12)20-16-18-13-9-5-6-10-14(13)19-16/h2-11,15H,17H2,1H3,(H,18,19). The minimum Gasteiger partial charge on any atom is -0.333 e. The molecule has 0 aliphatic carbocycles. The van der Waals surface area contributed by atoms with Crippen LogP contribution in [0.5, 0.6) is 0 Å². The number of nitrogens with one attached hydrogen (secondary N) is 1. The largest absolute Gasteiger partial charge is 0.333 e. The van der Waals surface area contributed by atoms with Crippen LogP contribution in [0.3, 0.4) is 0 Å². The molecule has 0 saturated heterocycles. The molecule has 2 aromatic carbocycles. The number of nitrogens with zero attached hydrogens (tertiary/aromatic N) is 1. The molecule has 102 valence electrons. The molecule has 0 bridgehead atoms. The number of para-hydroxylation sites is 2. The lowest BCUT2D eigenvalue weighted by molar-refractivity contribution is 0.719. The summed E-state index contributed by atoms with van der Waals surface area (Å²) >= 11 is 1.68. The molecule has 0 radical (unpaired) electrons. The van der Waals surface area contributed by atoms with Gasteiger partial charge in [-0.15, -0.1) is 0 Å². The number of thioether (sulfide) groups is 1. The van der Waals surface area contributed by atoms with Crippen LogP contribution >= 0.6 is 11.8 Å². The quantitative estimate of drug-likeness (QED) is 0.717. The van der Waals surface area contributed by atoms with Crippen LogP contribution in [0.4, 0.5) is 0 Å². The van der Waals surface area contributed by atoms with Crippen molar-refractivity contribution in [3.63, 3.8) is 0 Å². The summed E-state index contributed by atoms with van der Waals surface area (Å²) < 4.78 is 0. The van der Waals surface area contributed by atoms with Crippen molar-refractivity contribution in [1.29, 1.82) is 0 Å². The van der Waals surface area contributed by atoms with Gasteiger partial charge >= 0.3 is 0 Å².